The van der Waals surface area contributed by atoms with Crippen molar-refractivity contribution < 1.29 is 9.59 Å². The molecule has 2 N–H and O–H groups in total. The van der Waals surface area contributed by atoms with Crippen LogP contribution in [0.4, 0.5) is 4.79 Å². The highest BCUT2D eigenvalue weighted by molar-refractivity contribution is 5.79. The van der Waals surface area contributed by atoms with Crippen molar-refractivity contribution in [3.8, 4) is 0 Å². The quantitative estimate of drug-likeness (QED) is 0.817. The van der Waals surface area contributed by atoms with Crippen LogP contribution in [0.15, 0.2) is 0 Å². The van der Waals surface area contributed by atoms with Gasteiger partial charge in [0.25, 0.3) is 0 Å². The van der Waals surface area contributed by atoms with Crippen LogP contribution in [-0.2, 0) is 4.79 Å². The predicted molar refractivity (Wildman–Crippen MR) is 89.2 cm³/mol. The SMILES string of the molecule is CN(CCNC(=O)N1CCC2(CC1)CNC(=O)C2)C1CCCC1. The minimum Gasteiger partial charge on any atom is -0.356 e. The number of carbonyl (C=O) groups excluding carboxylic acids is 2. The van der Waals surface area contributed by atoms with Crippen molar-refractivity contribution in [2.24, 2.45) is 5.41 Å². The number of piperidine rings is 1. The summed E-state index contributed by atoms with van der Waals surface area (Å²) in [6.07, 6.45) is 7.77. The summed E-state index contributed by atoms with van der Waals surface area (Å²) in [4.78, 5) is 28.0. The summed E-state index contributed by atoms with van der Waals surface area (Å²) in [5.41, 5.74) is 0.108. The van der Waals surface area contributed by atoms with Gasteiger partial charge in [0.1, 0.15) is 0 Å². The van der Waals surface area contributed by atoms with E-state index in [0.29, 0.717) is 19.0 Å². The highest BCUT2D eigenvalue weighted by Gasteiger charge is 2.41. The molecule has 3 rings (SSSR count). The molecule has 1 aliphatic carbocycles. The van der Waals surface area contributed by atoms with Crippen LogP contribution in [0, 0.1) is 5.41 Å². The number of nitrogens with one attached hydrogen (secondary N) is 2. The zero-order valence-electron chi connectivity index (χ0n) is 14.3. The van der Waals surface area contributed by atoms with E-state index in [0.717, 1.165) is 39.0 Å². The number of likely N-dealkylation sites (tertiary alicyclic amines) is 1. The van der Waals surface area contributed by atoms with Crippen molar-refractivity contribution in [3.05, 3.63) is 0 Å². The van der Waals surface area contributed by atoms with Crippen LogP contribution in [0.1, 0.15) is 44.9 Å². The molecule has 2 heterocycles. The van der Waals surface area contributed by atoms with Crippen LogP contribution < -0.4 is 10.6 Å². The van der Waals surface area contributed by atoms with Gasteiger partial charge in [-0.2, -0.15) is 0 Å². The lowest BCUT2D eigenvalue weighted by Gasteiger charge is -2.38. The van der Waals surface area contributed by atoms with Gasteiger partial charge < -0.3 is 20.4 Å². The zero-order valence-corrected chi connectivity index (χ0v) is 14.3. The predicted octanol–water partition coefficient (Wildman–Crippen LogP) is 1.17. The molecule has 2 aliphatic heterocycles. The fourth-order valence-corrected chi connectivity index (χ4v) is 4.27. The standard InChI is InChI=1S/C17H30N4O2/c1-20(14-4-2-3-5-14)11-8-18-16(23)21-9-6-17(7-10-21)12-15(22)19-13-17/h14H,2-13H2,1H3,(H,18,23)(H,19,22). The molecular weight excluding hydrogens is 292 g/mol. The minimum absolute atomic E-state index is 0.0527. The molecule has 0 bridgehead atoms. The number of urea groups is 1. The van der Waals surface area contributed by atoms with Crippen LogP contribution >= 0.6 is 0 Å². The Hall–Kier alpha value is -1.30. The number of nitrogens with zero attached hydrogens (tertiary/aromatic N) is 2. The molecule has 3 aliphatic rings. The molecule has 0 aromatic rings. The summed E-state index contributed by atoms with van der Waals surface area (Å²) in [7, 11) is 2.16. The van der Waals surface area contributed by atoms with Gasteiger partial charge >= 0.3 is 6.03 Å². The number of hydrogen-bond acceptors (Lipinski definition) is 3. The second-order valence-corrected chi connectivity index (χ2v) is 7.59. The number of amides is 3. The van der Waals surface area contributed by atoms with E-state index in [1.165, 1.54) is 25.7 Å². The Balaban J connectivity index is 1.35. The summed E-state index contributed by atoms with van der Waals surface area (Å²) in [6, 6.07) is 0.756. The summed E-state index contributed by atoms with van der Waals surface area (Å²) in [5.74, 6) is 0.165. The van der Waals surface area contributed by atoms with Crippen molar-refractivity contribution in [2.45, 2.75) is 51.0 Å². The van der Waals surface area contributed by atoms with E-state index < -0.39 is 0 Å². The molecular formula is C17H30N4O2. The second-order valence-electron chi connectivity index (χ2n) is 7.59. The maximum absolute atomic E-state index is 12.3. The van der Waals surface area contributed by atoms with Crippen LogP contribution in [0.5, 0.6) is 0 Å². The first-order valence-electron chi connectivity index (χ1n) is 9.08. The van der Waals surface area contributed by atoms with Gasteiger partial charge in [0.05, 0.1) is 0 Å². The highest BCUT2D eigenvalue weighted by Crippen LogP contribution is 2.37. The topological polar surface area (TPSA) is 64.7 Å². The van der Waals surface area contributed by atoms with Gasteiger partial charge in [-0.25, -0.2) is 4.79 Å². The maximum atomic E-state index is 12.3. The van der Waals surface area contributed by atoms with E-state index in [4.69, 9.17) is 0 Å². The molecule has 0 atom stereocenters. The summed E-state index contributed by atoms with van der Waals surface area (Å²) >= 11 is 0. The van der Waals surface area contributed by atoms with Crippen molar-refractivity contribution >= 4 is 11.9 Å². The maximum Gasteiger partial charge on any atom is 0.317 e. The molecule has 6 nitrogen and oxygen atoms in total. The van der Waals surface area contributed by atoms with Crippen molar-refractivity contribution in [1.82, 2.24) is 20.4 Å². The fraction of sp³-hybridized carbons (Fsp3) is 0.882. The molecule has 0 aromatic carbocycles. The van der Waals surface area contributed by atoms with Gasteiger partial charge in [-0.05, 0) is 38.1 Å². The van der Waals surface area contributed by atoms with E-state index in [9.17, 15) is 9.59 Å². The average Bonchev–Trinajstić information content (AvgIpc) is 3.18. The molecule has 23 heavy (non-hydrogen) atoms. The zero-order chi connectivity index (χ0) is 16.3. The molecule has 0 unspecified atom stereocenters. The van der Waals surface area contributed by atoms with Crippen LogP contribution in [0.3, 0.4) is 0 Å². The Bertz CT molecular complexity index is 440. The van der Waals surface area contributed by atoms with E-state index in [1.807, 2.05) is 4.90 Å². The normalized spacial score (nSPS) is 24.4. The third-order valence-electron chi connectivity index (χ3n) is 6.00. The fourth-order valence-electron chi connectivity index (χ4n) is 4.27. The van der Waals surface area contributed by atoms with Crippen molar-refractivity contribution in [2.75, 3.05) is 39.8 Å². The van der Waals surface area contributed by atoms with Gasteiger partial charge in [-0.1, -0.05) is 12.8 Å². The molecule has 3 fully saturated rings. The molecule has 0 radical (unpaired) electrons. The summed E-state index contributed by atoms with van der Waals surface area (Å²) in [5, 5.41) is 5.99. The Kier molecular flexibility index (Phi) is 5.09. The Morgan fingerprint density at radius 3 is 2.65 bits per heavy atom. The summed E-state index contributed by atoms with van der Waals surface area (Å²) < 4.78 is 0. The molecule has 1 saturated carbocycles. The Morgan fingerprint density at radius 1 is 1.35 bits per heavy atom. The second kappa shape index (κ2) is 7.07. The molecule has 0 aromatic heterocycles. The first-order valence-corrected chi connectivity index (χ1v) is 9.08. The van der Waals surface area contributed by atoms with E-state index >= 15 is 0 Å². The molecule has 2 saturated heterocycles. The first kappa shape index (κ1) is 16.6. The number of likely N-dealkylation sites (N-methyl/N-ethyl adjacent to an activating group) is 1. The molecule has 1 spiro atoms. The van der Waals surface area contributed by atoms with E-state index in [-0.39, 0.29) is 17.4 Å². The lowest BCUT2D eigenvalue weighted by Crippen LogP contribution is -2.49. The number of rotatable bonds is 4. The Morgan fingerprint density at radius 2 is 2.04 bits per heavy atom. The van der Waals surface area contributed by atoms with Gasteiger partial charge in [0.2, 0.25) is 5.91 Å². The van der Waals surface area contributed by atoms with Crippen molar-refractivity contribution in [1.29, 1.82) is 0 Å². The Labute approximate surface area is 139 Å². The van der Waals surface area contributed by atoms with Gasteiger partial charge in [-0.15, -0.1) is 0 Å². The highest BCUT2D eigenvalue weighted by atomic mass is 16.2. The van der Waals surface area contributed by atoms with Crippen LogP contribution in [0.25, 0.3) is 0 Å². The van der Waals surface area contributed by atoms with Crippen molar-refractivity contribution in [3.63, 3.8) is 0 Å². The van der Waals surface area contributed by atoms with Crippen LogP contribution in [-0.4, -0.2) is 67.6 Å². The molecule has 6 heteroatoms. The van der Waals surface area contributed by atoms with Crippen LogP contribution in [0.2, 0.25) is 0 Å². The lowest BCUT2D eigenvalue weighted by atomic mass is 9.78. The monoisotopic (exact) mass is 322 g/mol. The van der Waals surface area contributed by atoms with E-state index in [1.54, 1.807) is 0 Å². The first-order chi connectivity index (χ1) is 11.1. The number of carbonyl (C=O) groups is 2. The third kappa shape index (κ3) is 3.97. The third-order valence-corrected chi connectivity index (χ3v) is 6.00. The average molecular weight is 322 g/mol. The van der Waals surface area contributed by atoms with Gasteiger partial charge in [0, 0.05) is 45.2 Å². The van der Waals surface area contributed by atoms with E-state index in [2.05, 4.69) is 22.6 Å². The number of hydrogen-bond donors (Lipinski definition) is 2. The molecule has 130 valence electrons. The van der Waals surface area contributed by atoms with Gasteiger partial charge in [-0.3, -0.25) is 4.79 Å². The minimum atomic E-state index is 0.0527. The summed E-state index contributed by atoms with van der Waals surface area (Å²) in [6.45, 7) is 3.95. The lowest BCUT2D eigenvalue weighted by molar-refractivity contribution is -0.119. The largest absolute Gasteiger partial charge is 0.356 e. The molecule has 3 amide bonds. The van der Waals surface area contributed by atoms with Gasteiger partial charge in [0.15, 0.2) is 0 Å². The smallest absolute Gasteiger partial charge is 0.317 e.